The summed E-state index contributed by atoms with van der Waals surface area (Å²) < 4.78 is 0. The molecule has 0 aromatic rings. The second kappa shape index (κ2) is 5.64. The molecule has 1 heteroatoms. The van der Waals surface area contributed by atoms with E-state index in [0.29, 0.717) is 5.88 Å². The molecule has 0 fully saturated rings. The maximum atomic E-state index is 5.41. The van der Waals surface area contributed by atoms with Crippen molar-refractivity contribution in [3.05, 3.63) is 36.5 Å². The minimum absolute atomic E-state index is 0.572. The molecule has 0 aliphatic heterocycles. The fourth-order valence-corrected chi connectivity index (χ4v) is 0.561. The molecule has 0 rings (SSSR count). The van der Waals surface area contributed by atoms with E-state index in [1.165, 1.54) is 5.57 Å². The highest BCUT2D eigenvalue weighted by molar-refractivity contribution is 6.18. The molecule has 0 radical (unpaired) electrons. The third-order valence-electron chi connectivity index (χ3n) is 0.851. The van der Waals surface area contributed by atoms with Gasteiger partial charge in [-0.2, -0.15) is 0 Å². The molecule has 0 nitrogen and oxygen atoms in total. The molecule has 0 aromatic carbocycles. The van der Waals surface area contributed by atoms with Crippen molar-refractivity contribution >= 4 is 11.6 Å². The monoisotopic (exact) mass is 142 g/mol. The van der Waals surface area contributed by atoms with Crippen LogP contribution in [0.5, 0.6) is 0 Å². The summed E-state index contributed by atoms with van der Waals surface area (Å²) >= 11 is 5.41. The van der Waals surface area contributed by atoms with Gasteiger partial charge in [0.05, 0.1) is 0 Å². The van der Waals surface area contributed by atoms with Crippen LogP contribution >= 0.6 is 11.6 Å². The molecule has 0 amide bonds. The largest absolute Gasteiger partial charge is 0.122 e. The smallest absolute Gasteiger partial charge is 0.0407 e. The van der Waals surface area contributed by atoms with Crippen LogP contribution in [0.1, 0.15) is 6.92 Å². The zero-order chi connectivity index (χ0) is 7.11. The molecule has 0 saturated carbocycles. The fraction of sp³-hybridized carbons (Fsp3) is 0.250. The summed E-state index contributed by atoms with van der Waals surface area (Å²) in [6.07, 6.45) is 7.56. The Labute approximate surface area is 61.5 Å². The van der Waals surface area contributed by atoms with Gasteiger partial charge in [0, 0.05) is 5.88 Å². The molecule has 50 valence electrons. The Balaban J connectivity index is 3.74. The summed E-state index contributed by atoms with van der Waals surface area (Å²) in [7, 11) is 0. The predicted molar refractivity (Wildman–Crippen MR) is 43.8 cm³/mol. The summed E-state index contributed by atoms with van der Waals surface area (Å²) in [5.41, 5.74) is 1.17. The molecule has 0 N–H and O–H groups in total. The van der Waals surface area contributed by atoms with E-state index in [-0.39, 0.29) is 0 Å². The highest BCUT2D eigenvalue weighted by Gasteiger charge is 1.74. The number of rotatable bonds is 3. The predicted octanol–water partition coefficient (Wildman–Crippen LogP) is 2.91. The van der Waals surface area contributed by atoms with Gasteiger partial charge in [-0.25, -0.2) is 0 Å². The van der Waals surface area contributed by atoms with E-state index in [4.69, 9.17) is 11.6 Å². The van der Waals surface area contributed by atoms with Crippen LogP contribution in [0.4, 0.5) is 0 Å². The standard InChI is InChI=1S/C8H11Cl/c1-3-5-8(2)6-4-7-9/h3-6H,1,7H2,2H3/b6-4-,8-5-. The molecule has 0 saturated heterocycles. The Kier molecular flexibility index (Phi) is 5.34. The Bertz CT molecular complexity index is 132. The molecule has 0 aromatic heterocycles. The summed E-state index contributed by atoms with van der Waals surface area (Å²) in [5, 5.41) is 0. The highest BCUT2D eigenvalue weighted by Crippen LogP contribution is 1.94. The summed E-state index contributed by atoms with van der Waals surface area (Å²) in [6, 6.07) is 0. The van der Waals surface area contributed by atoms with Gasteiger partial charge in [-0.3, -0.25) is 0 Å². The van der Waals surface area contributed by atoms with E-state index in [2.05, 4.69) is 6.58 Å². The lowest BCUT2D eigenvalue weighted by molar-refractivity contribution is 1.51. The van der Waals surface area contributed by atoms with Gasteiger partial charge in [0.25, 0.3) is 0 Å². The number of halogens is 1. The molecule has 0 heterocycles. The molecular weight excluding hydrogens is 132 g/mol. The lowest BCUT2D eigenvalue weighted by Crippen LogP contribution is -1.65. The molecule has 0 atom stereocenters. The van der Waals surface area contributed by atoms with Crippen molar-refractivity contribution < 1.29 is 0 Å². The third-order valence-corrected chi connectivity index (χ3v) is 1.03. The van der Waals surface area contributed by atoms with Crippen molar-refractivity contribution in [2.75, 3.05) is 5.88 Å². The first-order chi connectivity index (χ1) is 4.31. The third kappa shape index (κ3) is 5.38. The van der Waals surface area contributed by atoms with Crippen LogP contribution in [0.25, 0.3) is 0 Å². The van der Waals surface area contributed by atoms with E-state index >= 15 is 0 Å². The quantitative estimate of drug-likeness (QED) is 0.420. The fourth-order valence-electron chi connectivity index (χ4n) is 0.472. The van der Waals surface area contributed by atoms with Gasteiger partial charge in [0.2, 0.25) is 0 Å². The summed E-state index contributed by atoms with van der Waals surface area (Å²) in [4.78, 5) is 0. The highest BCUT2D eigenvalue weighted by atomic mass is 35.5. The maximum Gasteiger partial charge on any atom is 0.0407 e. The van der Waals surface area contributed by atoms with Crippen molar-refractivity contribution in [3.63, 3.8) is 0 Å². The number of allylic oxidation sites excluding steroid dienone is 5. The zero-order valence-electron chi connectivity index (χ0n) is 5.60. The van der Waals surface area contributed by atoms with Crippen molar-refractivity contribution in [1.29, 1.82) is 0 Å². The summed E-state index contributed by atoms with van der Waals surface area (Å²) in [6.45, 7) is 5.57. The number of hydrogen-bond acceptors (Lipinski definition) is 0. The van der Waals surface area contributed by atoms with E-state index < -0.39 is 0 Å². The Morgan fingerprint density at radius 2 is 2.33 bits per heavy atom. The molecular formula is C8H11Cl. The molecule has 0 aliphatic rings. The van der Waals surface area contributed by atoms with Crippen LogP contribution in [0.3, 0.4) is 0 Å². The van der Waals surface area contributed by atoms with Crippen LogP contribution in [0, 0.1) is 0 Å². The average molecular weight is 143 g/mol. The van der Waals surface area contributed by atoms with Crippen LogP contribution in [-0.2, 0) is 0 Å². The summed E-state index contributed by atoms with van der Waals surface area (Å²) in [5.74, 6) is 0.572. The second-order valence-corrected chi connectivity index (χ2v) is 2.01. The van der Waals surface area contributed by atoms with Gasteiger partial charge < -0.3 is 0 Å². The topological polar surface area (TPSA) is 0 Å². The number of hydrogen-bond donors (Lipinski definition) is 0. The van der Waals surface area contributed by atoms with Crippen LogP contribution in [0.15, 0.2) is 36.5 Å². The van der Waals surface area contributed by atoms with Gasteiger partial charge in [-0.1, -0.05) is 36.5 Å². The molecule has 9 heavy (non-hydrogen) atoms. The SMILES string of the molecule is C=C/C=C(C)\C=C/CCl. The average Bonchev–Trinajstić information content (AvgIpc) is 1.85. The first-order valence-electron chi connectivity index (χ1n) is 2.83. The van der Waals surface area contributed by atoms with Gasteiger partial charge >= 0.3 is 0 Å². The van der Waals surface area contributed by atoms with Gasteiger partial charge in [-0.15, -0.1) is 11.6 Å². The van der Waals surface area contributed by atoms with Crippen LogP contribution in [0.2, 0.25) is 0 Å². The lowest BCUT2D eigenvalue weighted by atomic mass is 10.2. The number of alkyl halides is 1. The van der Waals surface area contributed by atoms with Crippen molar-refractivity contribution in [1.82, 2.24) is 0 Å². The van der Waals surface area contributed by atoms with Crippen LogP contribution < -0.4 is 0 Å². The normalized spacial score (nSPS) is 12.4. The van der Waals surface area contributed by atoms with E-state index in [0.717, 1.165) is 0 Å². The molecule has 0 unspecified atom stereocenters. The van der Waals surface area contributed by atoms with E-state index in [9.17, 15) is 0 Å². The second-order valence-electron chi connectivity index (χ2n) is 1.70. The van der Waals surface area contributed by atoms with Gasteiger partial charge in [0.15, 0.2) is 0 Å². The van der Waals surface area contributed by atoms with Crippen LogP contribution in [-0.4, -0.2) is 5.88 Å². The minimum atomic E-state index is 0.572. The van der Waals surface area contributed by atoms with E-state index in [1.54, 1.807) is 6.08 Å². The lowest BCUT2D eigenvalue weighted by Gasteiger charge is -1.84. The Morgan fingerprint density at radius 1 is 1.67 bits per heavy atom. The first kappa shape index (κ1) is 8.51. The molecule has 0 bridgehead atoms. The molecule has 0 aliphatic carbocycles. The zero-order valence-corrected chi connectivity index (χ0v) is 6.36. The molecule has 0 spiro atoms. The Morgan fingerprint density at radius 3 is 2.78 bits per heavy atom. The Hall–Kier alpha value is -0.490. The van der Waals surface area contributed by atoms with Crippen molar-refractivity contribution in [2.45, 2.75) is 6.92 Å². The van der Waals surface area contributed by atoms with E-state index in [1.807, 2.05) is 25.2 Å². The van der Waals surface area contributed by atoms with Gasteiger partial charge in [0.1, 0.15) is 0 Å². The minimum Gasteiger partial charge on any atom is -0.122 e. The van der Waals surface area contributed by atoms with Crippen molar-refractivity contribution in [2.24, 2.45) is 0 Å². The first-order valence-corrected chi connectivity index (χ1v) is 3.36. The van der Waals surface area contributed by atoms with Gasteiger partial charge in [-0.05, 0) is 6.92 Å². The maximum absolute atomic E-state index is 5.41. The van der Waals surface area contributed by atoms with Crippen molar-refractivity contribution in [3.8, 4) is 0 Å².